The lowest BCUT2D eigenvalue weighted by Gasteiger charge is -2.15. The predicted octanol–water partition coefficient (Wildman–Crippen LogP) is 8.05. The van der Waals surface area contributed by atoms with Crippen molar-refractivity contribution in [2.24, 2.45) is 0 Å². The van der Waals surface area contributed by atoms with Crippen LogP contribution in [0.4, 0.5) is 0 Å². The van der Waals surface area contributed by atoms with Gasteiger partial charge >= 0.3 is 0 Å². The highest BCUT2D eigenvalue weighted by molar-refractivity contribution is 9.15. The van der Waals surface area contributed by atoms with Crippen LogP contribution in [0.1, 0.15) is 0 Å². The topological polar surface area (TPSA) is 9.23 Å². The van der Waals surface area contributed by atoms with Crippen LogP contribution in [0.3, 0.4) is 0 Å². The van der Waals surface area contributed by atoms with Crippen molar-refractivity contribution in [1.82, 2.24) is 0 Å². The van der Waals surface area contributed by atoms with Crippen LogP contribution < -0.4 is 4.74 Å². The molecule has 0 aliphatic carbocycles. The second kappa shape index (κ2) is 6.92. The van der Waals surface area contributed by atoms with Crippen molar-refractivity contribution < 1.29 is 4.74 Å². The summed E-state index contributed by atoms with van der Waals surface area (Å²) in [6, 6.07) is 7.69. The van der Waals surface area contributed by atoms with E-state index < -0.39 is 0 Å². The van der Waals surface area contributed by atoms with Gasteiger partial charge in [-0.15, -0.1) is 0 Å². The van der Waals surface area contributed by atoms with E-state index >= 15 is 0 Å². The zero-order chi connectivity index (χ0) is 14.2. The standard InChI is InChI=1S/C12H4Br6O/c13-5-3-1-2-4-6(5)19-12-10(17)8(15)7(14)9(16)11(12)18/h1-4H. The van der Waals surface area contributed by atoms with Gasteiger partial charge in [-0.25, -0.2) is 0 Å². The van der Waals surface area contributed by atoms with Crippen molar-refractivity contribution in [3.63, 3.8) is 0 Å². The summed E-state index contributed by atoms with van der Waals surface area (Å²) in [4.78, 5) is 0. The van der Waals surface area contributed by atoms with Gasteiger partial charge in [0.05, 0.1) is 22.4 Å². The third kappa shape index (κ3) is 3.48. The van der Waals surface area contributed by atoms with E-state index in [0.717, 1.165) is 32.6 Å². The Morgan fingerprint density at radius 3 is 1.63 bits per heavy atom. The maximum absolute atomic E-state index is 5.97. The SMILES string of the molecule is Brc1ccccc1Oc1c(Br)c(Br)c(Br)c(Br)c1Br. The first-order valence-corrected chi connectivity index (χ1v) is 9.63. The Bertz CT molecular complexity index is 611. The molecule has 0 saturated carbocycles. The Morgan fingerprint density at radius 2 is 1.11 bits per heavy atom. The van der Waals surface area contributed by atoms with Crippen molar-refractivity contribution in [1.29, 1.82) is 0 Å². The van der Waals surface area contributed by atoms with Crippen LogP contribution in [-0.4, -0.2) is 0 Å². The predicted molar refractivity (Wildman–Crippen MR) is 99.2 cm³/mol. The highest BCUT2D eigenvalue weighted by atomic mass is 79.9. The molecule has 0 saturated heterocycles. The van der Waals surface area contributed by atoms with Crippen molar-refractivity contribution in [3.05, 3.63) is 51.1 Å². The number of hydrogen-bond acceptors (Lipinski definition) is 1. The Kier molecular flexibility index (Phi) is 6.01. The second-order valence-electron chi connectivity index (χ2n) is 3.43. The molecule has 0 spiro atoms. The van der Waals surface area contributed by atoms with Crippen LogP contribution in [0.15, 0.2) is 51.1 Å². The lowest BCUT2D eigenvalue weighted by molar-refractivity contribution is 0.472. The Morgan fingerprint density at radius 1 is 0.632 bits per heavy atom. The fourth-order valence-corrected chi connectivity index (χ4v) is 4.85. The Hall–Kier alpha value is 1.12. The quantitative estimate of drug-likeness (QED) is 0.238. The van der Waals surface area contributed by atoms with E-state index in [1.165, 1.54) is 0 Å². The van der Waals surface area contributed by atoms with Crippen molar-refractivity contribution >= 4 is 95.6 Å². The van der Waals surface area contributed by atoms with Crippen LogP contribution in [0.2, 0.25) is 0 Å². The van der Waals surface area contributed by atoms with Gasteiger partial charge in [0.2, 0.25) is 0 Å². The van der Waals surface area contributed by atoms with Crippen molar-refractivity contribution in [2.75, 3.05) is 0 Å². The Balaban J connectivity index is 2.56. The average Bonchev–Trinajstić information content (AvgIpc) is 2.41. The highest BCUT2D eigenvalue weighted by Crippen LogP contribution is 2.50. The van der Waals surface area contributed by atoms with Gasteiger partial charge in [0.25, 0.3) is 0 Å². The van der Waals surface area contributed by atoms with Gasteiger partial charge in [-0.1, -0.05) is 12.1 Å². The van der Waals surface area contributed by atoms with E-state index in [0.29, 0.717) is 5.75 Å². The molecule has 19 heavy (non-hydrogen) atoms. The molecule has 0 heterocycles. The molecule has 2 aromatic carbocycles. The molecule has 0 bridgehead atoms. The molecule has 0 N–H and O–H groups in total. The smallest absolute Gasteiger partial charge is 0.158 e. The molecule has 1 nitrogen and oxygen atoms in total. The molecule has 2 aromatic rings. The summed E-state index contributed by atoms with van der Waals surface area (Å²) in [5, 5.41) is 0. The molecule has 0 amide bonds. The molecule has 7 heteroatoms. The van der Waals surface area contributed by atoms with Crippen molar-refractivity contribution in [3.8, 4) is 11.5 Å². The molecule has 0 unspecified atom stereocenters. The van der Waals surface area contributed by atoms with Crippen molar-refractivity contribution in [2.45, 2.75) is 0 Å². The van der Waals surface area contributed by atoms with E-state index in [-0.39, 0.29) is 0 Å². The molecule has 0 aromatic heterocycles. The summed E-state index contributed by atoms with van der Waals surface area (Å²) in [5.74, 6) is 1.43. The van der Waals surface area contributed by atoms with Gasteiger partial charge in [-0.05, 0) is 108 Å². The molecule has 2 rings (SSSR count). The first-order chi connectivity index (χ1) is 8.93. The average molecular weight is 644 g/mol. The third-order valence-electron chi connectivity index (χ3n) is 2.22. The maximum atomic E-state index is 5.97. The normalized spacial score (nSPS) is 10.6. The number of hydrogen-bond donors (Lipinski definition) is 0. The number of halogens is 6. The van der Waals surface area contributed by atoms with Gasteiger partial charge in [-0.3, -0.25) is 0 Å². The summed E-state index contributed by atoms with van der Waals surface area (Å²) < 4.78 is 11.2. The number of para-hydroxylation sites is 1. The highest BCUT2D eigenvalue weighted by Gasteiger charge is 2.19. The molecule has 0 fully saturated rings. The fourth-order valence-electron chi connectivity index (χ4n) is 1.31. The van der Waals surface area contributed by atoms with Crippen LogP contribution >= 0.6 is 95.6 Å². The summed E-state index contributed by atoms with van der Waals surface area (Å²) in [6.07, 6.45) is 0. The summed E-state index contributed by atoms with van der Waals surface area (Å²) >= 11 is 21.0. The minimum atomic E-state index is 0.689. The van der Waals surface area contributed by atoms with E-state index in [4.69, 9.17) is 4.74 Å². The second-order valence-corrected chi connectivity index (χ2v) is 8.25. The van der Waals surface area contributed by atoms with E-state index in [9.17, 15) is 0 Å². The number of ether oxygens (including phenoxy) is 1. The van der Waals surface area contributed by atoms with Gasteiger partial charge < -0.3 is 4.74 Å². The van der Waals surface area contributed by atoms with Crippen LogP contribution in [0, 0.1) is 0 Å². The molecule has 0 aliphatic heterocycles. The largest absolute Gasteiger partial charge is 0.454 e. The molecular weight excluding hydrogens is 640 g/mol. The Labute approximate surface area is 161 Å². The maximum Gasteiger partial charge on any atom is 0.158 e. The zero-order valence-corrected chi connectivity index (χ0v) is 18.5. The lowest BCUT2D eigenvalue weighted by Crippen LogP contribution is -1.91. The number of benzene rings is 2. The minimum Gasteiger partial charge on any atom is -0.454 e. The van der Waals surface area contributed by atoms with Crippen LogP contribution in [0.25, 0.3) is 0 Å². The van der Waals surface area contributed by atoms with E-state index in [1.54, 1.807) is 0 Å². The van der Waals surface area contributed by atoms with E-state index in [2.05, 4.69) is 95.6 Å². The van der Waals surface area contributed by atoms with Crippen LogP contribution in [-0.2, 0) is 0 Å². The molecule has 0 atom stereocenters. The van der Waals surface area contributed by atoms with E-state index in [1.807, 2.05) is 24.3 Å². The first kappa shape index (κ1) is 16.5. The minimum absolute atomic E-state index is 0.689. The fraction of sp³-hybridized carbons (Fsp3) is 0. The summed E-state index contributed by atoms with van der Waals surface area (Å²) in [5.41, 5.74) is 0. The molecule has 0 aliphatic rings. The van der Waals surface area contributed by atoms with Gasteiger partial charge in [0, 0.05) is 4.47 Å². The summed E-state index contributed by atoms with van der Waals surface area (Å²) in [7, 11) is 0. The van der Waals surface area contributed by atoms with Gasteiger partial charge in [0.15, 0.2) is 5.75 Å². The number of rotatable bonds is 2. The molecule has 0 radical (unpaired) electrons. The molecule has 100 valence electrons. The third-order valence-corrected chi connectivity index (χ3v) is 8.89. The van der Waals surface area contributed by atoms with Gasteiger partial charge in [0.1, 0.15) is 5.75 Å². The summed E-state index contributed by atoms with van der Waals surface area (Å²) in [6.45, 7) is 0. The van der Waals surface area contributed by atoms with Gasteiger partial charge in [-0.2, -0.15) is 0 Å². The monoisotopic (exact) mass is 638 g/mol. The molecular formula is C12H4Br6O. The zero-order valence-electron chi connectivity index (χ0n) is 8.99. The van der Waals surface area contributed by atoms with Crippen LogP contribution in [0.5, 0.6) is 11.5 Å². The lowest BCUT2D eigenvalue weighted by atomic mass is 10.3. The first-order valence-electron chi connectivity index (χ1n) is 4.87.